The zero-order chi connectivity index (χ0) is 14.8. The second kappa shape index (κ2) is 9.78. The van der Waals surface area contributed by atoms with Crippen molar-refractivity contribution in [3.63, 3.8) is 0 Å². The molecule has 1 aliphatic carbocycles. The Hall–Kier alpha value is -0.0800. The summed E-state index contributed by atoms with van der Waals surface area (Å²) in [5, 5.41) is 3.72. The van der Waals surface area contributed by atoms with Crippen LogP contribution in [-0.2, 0) is 4.74 Å². The van der Waals surface area contributed by atoms with Crippen molar-refractivity contribution in [3.8, 4) is 0 Å². The quantitative estimate of drug-likeness (QED) is 0.543. The molecule has 2 heteroatoms. The van der Waals surface area contributed by atoms with Crippen LogP contribution in [0.3, 0.4) is 0 Å². The molecule has 2 nitrogen and oxygen atoms in total. The minimum atomic E-state index is 0.390. The predicted molar refractivity (Wildman–Crippen MR) is 88.2 cm³/mol. The summed E-state index contributed by atoms with van der Waals surface area (Å²) < 4.78 is 6.19. The molecule has 1 saturated carbocycles. The molecule has 0 bridgehead atoms. The zero-order valence-electron chi connectivity index (χ0n) is 14.3. The van der Waals surface area contributed by atoms with Crippen LogP contribution >= 0.6 is 0 Å². The van der Waals surface area contributed by atoms with Gasteiger partial charge in [0.05, 0.1) is 6.10 Å². The Morgan fingerprint density at radius 2 is 1.70 bits per heavy atom. The van der Waals surface area contributed by atoms with Crippen LogP contribution in [-0.4, -0.2) is 25.3 Å². The summed E-state index contributed by atoms with van der Waals surface area (Å²) in [5.74, 6) is 0. The van der Waals surface area contributed by atoms with Crippen LogP contribution in [0.1, 0.15) is 85.5 Å². The van der Waals surface area contributed by atoms with Crippen LogP contribution < -0.4 is 5.32 Å². The Labute approximate surface area is 127 Å². The highest BCUT2D eigenvalue weighted by Gasteiger charge is 2.41. The van der Waals surface area contributed by atoms with E-state index in [1.165, 1.54) is 57.8 Å². The standard InChI is InChI=1S/C18H37NO/c1-5-7-8-9-10-11-15-20-16-12-13-18(3,4)17(16)19-14-6-2/h16-17,19H,5-15H2,1-4H3. The molecule has 120 valence electrons. The van der Waals surface area contributed by atoms with E-state index in [0.29, 0.717) is 17.6 Å². The fraction of sp³-hybridized carbons (Fsp3) is 1.00. The summed E-state index contributed by atoms with van der Waals surface area (Å²) in [6.07, 6.45) is 12.2. The van der Waals surface area contributed by atoms with Crippen molar-refractivity contribution in [1.29, 1.82) is 0 Å². The van der Waals surface area contributed by atoms with Crippen molar-refractivity contribution in [2.75, 3.05) is 13.2 Å². The number of nitrogens with one attached hydrogen (secondary N) is 1. The van der Waals surface area contributed by atoms with E-state index in [2.05, 4.69) is 33.0 Å². The lowest BCUT2D eigenvalue weighted by Crippen LogP contribution is -2.45. The number of unbranched alkanes of at least 4 members (excludes halogenated alkanes) is 5. The van der Waals surface area contributed by atoms with Crippen molar-refractivity contribution in [2.45, 2.75) is 97.6 Å². The number of ether oxygens (including phenoxy) is 1. The van der Waals surface area contributed by atoms with E-state index >= 15 is 0 Å². The molecule has 2 atom stereocenters. The molecular weight excluding hydrogens is 246 g/mol. The number of hydrogen-bond acceptors (Lipinski definition) is 2. The highest BCUT2D eigenvalue weighted by molar-refractivity contribution is 4.97. The molecule has 0 aromatic rings. The molecule has 1 fully saturated rings. The third-order valence-electron chi connectivity index (χ3n) is 4.73. The Bertz CT molecular complexity index is 240. The van der Waals surface area contributed by atoms with Crippen molar-refractivity contribution >= 4 is 0 Å². The third-order valence-corrected chi connectivity index (χ3v) is 4.73. The van der Waals surface area contributed by atoms with Gasteiger partial charge >= 0.3 is 0 Å². The minimum absolute atomic E-state index is 0.390. The lowest BCUT2D eigenvalue weighted by Gasteiger charge is -2.31. The molecule has 1 N–H and O–H groups in total. The monoisotopic (exact) mass is 283 g/mol. The average Bonchev–Trinajstić information content (AvgIpc) is 2.70. The van der Waals surface area contributed by atoms with E-state index in [1.807, 2.05) is 0 Å². The molecule has 20 heavy (non-hydrogen) atoms. The fourth-order valence-corrected chi connectivity index (χ4v) is 3.34. The van der Waals surface area contributed by atoms with Crippen LogP contribution in [0, 0.1) is 5.41 Å². The number of hydrogen-bond donors (Lipinski definition) is 1. The van der Waals surface area contributed by atoms with Gasteiger partial charge in [-0.3, -0.25) is 0 Å². The summed E-state index contributed by atoms with van der Waals surface area (Å²) in [7, 11) is 0. The summed E-state index contributed by atoms with van der Waals surface area (Å²) >= 11 is 0. The van der Waals surface area contributed by atoms with Gasteiger partial charge in [0.2, 0.25) is 0 Å². The second-order valence-electron chi connectivity index (χ2n) is 7.14. The van der Waals surface area contributed by atoms with Crippen molar-refractivity contribution in [3.05, 3.63) is 0 Å². The van der Waals surface area contributed by atoms with Crippen molar-refractivity contribution < 1.29 is 4.74 Å². The molecule has 2 unspecified atom stereocenters. The van der Waals surface area contributed by atoms with Gasteiger partial charge in [-0.2, -0.15) is 0 Å². The molecule has 0 saturated heterocycles. The van der Waals surface area contributed by atoms with Crippen molar-refractivity contribution in [2.24, 2.45) is 5.41 Å². The lowest BCUT2D eigenvalue weighted by atomic mass is 9.87. The second-order valence-corrected chi connectivity index (χ2v) is 7.14. The first-order valence-corrected chi connectivity index (χ1v) is 8.96. The average molecular weight is 284 g/mol. The Morgan fingerprint density at radius 1 is 1.00 bits per heavy atom. The van der Waals surface area contributed by atoms with Gasteiger partial charge < -0.3 is 10.1 Å². The van der Waals surface area contributed by atoms with Crippen LogP contribution in [0.5, 0.6) is 0 Å². The molecule has 0 amide bonds. The smallest absolute Gasteiger partial charge is 0.0733 e. The Morgan fingerprint density at radius 3 is 2.40 bits per heavy atom. The molecule has 0 aliphatic heterocycles. The third kappa shape index (κ3) is 6.13. The van der Waals surface area contributed by atoms with Gasteiger partial charge in [0, 0.05) is 12.6 Å². The van der Waals surface area contributed by atoms with Gasteiger partial charge in [-0.15, -0.1) is 0 Å². The maximum Gasteiger partial charge on any atom is 0.0733 e. The van der Waals surface area contributed by atoms with Gasteiger partial charge in [0.25, 0.3) is 0 Å². The van der Waals surface area contributed by atoms with Crippen LogP contribution in [0.4, 0.5) is 0 Å². The Balaban J connectivity index is 2.18. The minimum Gasteiger partial charge on any atom is -0.377 e. The predicted octanol–water partition coefficient (Wildman–Crippen LogP) is 4.92. The molecular formula is C18H37NO. The molecule has 1 rings (SSSR count). The van der Waals surface area contributed by atoms with E-state index in [4.69, 9.17) is 4.74 Å². The van der Waals surface area contributed by atoms with Crippen molar-refractivity contribution in [1.82, 2.24) is 5.32 Å². The first-order chi connectivity index (χ1) is 9.61. The topological polar surface area (TPSA) is 21.3 Å². The molecule has 0 aromatic carbocycles. The fourth-order valence-electron chi connectivity index (χ4n) is 3.34. The maximum atomic E-state index is 6.19. The number of rotatable bonds is 11. The van der Waals surface area contributed by atoms with E-state index in [1.54, 1.807) is 0 Å². The SMILES string of the molecule is CCCCCCCCOC1CCC(C)(C)C1NCCC. The van der Waals surface area contributed by atoms with Gasteiger partial charge in [-0.1, -0.05) is 59.8 Å². The van der Waals surface area contributed by atoms with E-state index < -0.39 is 0 Å². The highest BCUT2D eigenvalue weighted by Crippen LogP contribution is 2.39. The van der Waals surface area contributed by atoms with Gasteiger partial charge in [-0.25, -0.2) is 0 Å². The summed E-state index contributed by atoms with van der Waals surface area (Å²) in [6.45, 7) is 11.3. The summed E-state index contributed by atoms with van der Waals surface area (Å²) in [5.41, 5.74) is 0.390. The van der Waals surface area contributed by atoms with E-state index in [9.17, 15) is 0 Å². The van der Waals surface area contributed by atoms with Crippen LogP contribution in [0.25, 0.3) is 0 Å². The van der Waals surface area contributed by atoms with Crippen LogP contribution in [0.2, 0.25) is 0 Å². The summed E-state index contributed by atoms with van der Waals surface area (Å²) in [4.78, 5) is 0. The summed E-state index contributed by atoms with van der Waals surface area (Å²) in [6, 6.07) is 0.544. The van der Waals surface area contributed by atoms with E-state index in [0.717, 1.165) is 13.2 Å². The normalized spacial score (nSPS) is 25.2. The zero-order valence-corrected chi connectivity index (χ0v) is 14.3. The maximum absolute atomic E-state index is 6.19. The largest absolute Gasteiger partial charge is 0.377 e. The Kier molecular flexibility index (Phi) is 8.79. The molecule has 0 aromatic heterocycles. The highest BCUT2D eigenvalue weighted by atomic mass is 16.5. The lowest BCUT2D eigenvalue weighted by molar-refractivity contribution is 0.0247. The van der Waals surface area contributed by atoms with Gasteiger partial charge in [0.15, 0.2) is 0 Å². The van der Waals surface area contributed by atoms with E-state index in [-0.39, 0.29) is 0 Å². The van der Waals surface area contributed by atoms with Gasteiger partial charge in [-0.05, 0) is 37.6 Å². The van der Waals surface area contributed by atoms with Gasteiger partial charge in [0.1, 0.15) is 0 Å². The molecule has 0 spiro atoms. The first-order valence-electron chi connectivity index (χ1n) is 8.96. The molecule has 1 aliphatic rings. The molecule has 0 heterocycles. The van der Waals surface area contributed by atoms with Crippen LogP contribution in [0.15, 0.2) is 0 Å². The first kappa shape index (κ1) is 18.0. The molecule has 0 radical (unpaired) electrons.